The third-order valence-corrected chi connectivity index (χ3v) is 4.92. The number of halogens is 1. The smallest absolute Gasteiger partial charge is 0.227 e. The van der Waals surface area contributed by atoms with Crippen molar-refractivity contribution in [1.82, 2.24) is 8.96 Å². The Balaban J connectivity index is 2.37. The normalized spacial score (nSPS) is 11.9. The summed E-state index contributed by atoms with van der Waals surface area (Å²) in [6.07, 6.45) is 0. The fourth-order valence-electron chi connectivity index (χ4n) is 2.20. The van der Waals surface area contributed by atoms with Gasteiger partial charge >= 0.3 is 0 Å². The van der Waals surface area contributed by atoms with Crippen molar-refractivity contribution in [3.63, 3.8) is 0 Å². The van der Waals surface area contributed by atoms with Crippen LogP contribution in [-0.4, -0.2) is 23.1 Å². The maximum Gasteiger partial charge on any atom is 0.240 e. The molecule has 3 aromatic rings. The van der Waals surface area contributed by atoms with Crippen LogP contribution in [0.5, 0.6) is 0 Å². The summed E-state index contributed by atoms with van der Waals surface area (Å²) in [6.45, 7) is 1.58. The van der Waals surface area contributed by atoms with E-state index in [0.29, 0.717) is 22.4 Å². The molecule has 0 aliphatic carbocycles. The Kier molecular flexibility index (Phi) is 3.25. The molecule has 0 amide bonds. The molecule has 0 N–H and O–H groups in total. The van der Waals surface area contributed by atoms with Gasteiger partial charge in [-0.2, -0.15) is 0 Å². The van der Waals surface area contributed by atoms with E-state index in [0.717, 1.165) is 0 Å². The molecule has 4 nitrogen and oxygen atoms in total. The number of fused-ring (bicyclic) bond motifs is 1. The van der Waals surface area contributed by atoms with E-state index in [1.54, 1.807) is 31.2 Å². The predicted octanol–water partition coefficient (Wildman–Crippen LogP) is 3.04. The van der Waals surface area contributed by atoms with Gasteiger partial charge in [-0.05, 0) is 43.3 Å². The van der Waals surface area contributed by atoms with Crippen LogP contribution in [0.3, 0.4) is 0 Å². The van der Waals surface area contributed by atoms with Crippen molar-refractivity contribution in [3.8, 4) is 11.4 Å². The van der Waals surface area contributed by atoms with Gasteiger partial charge in [-0.1, -0.05) is 12.1 Å². The molecule has 0 bridgehead atoms. The number of imidazole rings is 1. The summed E-state index contributed by atoms with van der Waals surface area (Å²) in [5.74, 6) is -0.112. The van der Waals surface area contributed by atoms with E-state index in [1.165, 1.54) is 28.2 Å². The highest BCUT2D eigenvalue weighted by Crippen LogP contribution is 2.26. The molecule has 0 fully saturated rings. The summed E-state index contributed by atoms with van der Waals surface area (Å²) in [6, 6.07) is 12.7. The average Bonchev–Trinajstić information content (AvgIpc) is 2.88. The minimum absolute atomic E-state index is 0.0401. The first-order chi connectivity index (χ1) is 10.0. The zero-order chi connectivity index (χ0) is 15.0. The van der Waals surface area contributed by atoms with Crippen LogP contribution < -0.4 is 0 Å². The molecule has 6 heteroatoms. The maximum atomic E-state index is 13.1. The van der Waals surface area contributed by atoms with E-state index in [-0.39, 0.29) is 11.6 Å². The topological polar surface area (TPSA) is 52.0 Å². The lowest BCUT2D eigenvalue weighted by molar-refractivity contribution is 0.590. The third kappa shape index (κ3) is 2.31. The standard InChI is InChI=1S/C15H13FN2O2S/c1-2-21(19,20)18-14-6-4-3-5-13(14)17-15(18)11-7-9-12(16)10-8-11/h3-10H,2H2,1H3. The summed E-state index contributed by atoms with van der Waals surface area (Å²) in [7, 11) is -3.51. The Hall–Kier alpha value is -2.21. The molecule has 0 aliphatic rings. The lowest BCUT2D eigenvalue weighted by Gasteiger charge is -2.08. The lowest BCUT2D eigenvalue weighted by Crippen LogP contribution is -2.15. The van der Waals surface area contributed by atoms with E-state index in [9.17, 15) is 12.8 Å². The number of benzene rings is 2. The minimum atomic E-state index is -3.51. The SMILES string of the molecule is CCS(=O)(=O)n1c(-c2ccc(F)cc2)nc2ccccc21. The van der Waals surface area contributed by atoms with Gasteiger partial charge in [0.2, 0.25) is 10.0 Å². The highest BCUT2D eigenvalue weighted by Gasteiger charge is 2.21. The first-order valence-corrected chi connectivity index (χ1v) is 8.10. The molecule has 0 atom stereocenters. The number of para-hydroxylation sites is 2. The molecule has 3 rings (SSSR count). The van der Waals surface area contributed by atoms with Crippen molar-refractivity contribution in [1.29, 1.82) is 0 Å². The van der Waals surface area contributed by atoms with E-state index in [4.69, 9.17) is 0 Å². The van der Waals surface area contributed by atoms with Crippen LogP contribution in [-0.2, 0) is 10.0 Å². The molecule has 0 saturated heterocycles. The van der Waals surface area contributed by atoms with Crippen LogP contribution in [0.1, 0.15) is 6.92 Å². The summed E-state index contributed by atoms with van der Waals surface area (Å²) >= 11 is 0. The van der Waals surface area contributed by atoms with Crippen molar-refractivity contribution in [2.24, 2.45) is 0 Å². The first-order valence-electron chi connectivity index (χ1n) is 6.49. The van der Waals surface area contributed by atoms with Gasteiger partial charge < -0.3 is 0 Å². The molecule has 21 heavy (non-hydrogen) atoms. The fourth-order valence-corrected chi connectivity index (χ4v) is 3.32. The molecule has 0 saturated carbocycles. The Morgan fingerprint density at radius 3 is 2.43 bits per heavy atom. The van der Waals surface area contributed by atoms with Crippen molar-refractivity contribution in [2.45, 2.75) is 6.92 Å². The number of hydrogen-bond acceptors (Lipinski definition) is 3. The van der Waals surface area contributed by atoms with Crippen LogP contribution in [0.4, 0.5) is 4.39 Å². The van der Waals surface area contributed by atoms with Gasteiger partial charge in [-0.3, -0.25) is 0 Å². The van der Waals surface area contributed by atoms with Crippen LogP contribution in [0.15, 0.2) is 48.5 Å². The second-order valence-electron chi connectivity index (χ2n) is 4.60. The van der Waals surface area contributed by atoms with Crippen LogP contribution >= 0.6 is 0 Å². The van der Waals surface area contributed by atoms with Crippen LogP contribution in [0.2, 0.25) is 0 Å². The second-order valence-corrected chi connectivity index (χ2v) is 6.70. The first kappa shape index (κ1) is 13.8. The molecular weight excluding hydrogens is 291 g/mol. The lowest BCUT2D eigenvalue weighted by atomic mass is 10.2. The summed E-state index contributed by atoms with van der Waals surface area (Å²) in [4.78, 5) is 4.39. The fraction of sp³-hybridized carbons (Fsp3) is 0.133. The van der Waals surface area contributed by atoms with Gasteiger partial charge in [-0.15, -0.1) is 0 Å². The quantitative estimate of drug-likeness (QED) is 0.747. The molecule has 1 heterocycles. The van der Waals surface area contributed by atoms with E-state index in [2.05, 4.69) is 4.98 Å². The average molecular weight is 304 g/mol. The summed E-state index contributed by atoms with van der Waals surface area (Å²) < 4.78 is 39.1. The number of nitrogens with zero attached hydrogens (tertiary/aromatic N) is 2. The molecule has 108 valence electrons. The molecule has 2 aromatic carbocycles. The van der Waals surface area contributed by atoms with Gasteiger partial charge in [0.1, 0.15) is 5.82 Å². The number of rotatable bonds is 3. The molecule has 0 unspecified atom stereocenters. The minimum Gasteiger partial charge on any atom is -0.227 e. The summed E-state index contributed by atoms with van der Waals surface area (Å²) in [5, 5.41) is 0. The highest BCUT2D eigenvalue weighted by atomic mass is 32.2. The van der Waals surface area contributed by atoms with Gasteiger partial charge in [0.15, 0.2) is 5.82 Å². The van der Waals surface area contributed by atoms with Crippen molar-refractivity contribution >= 4 is 21.1 Å². The summed E-state index contributed by atoms with van der Waals surface area (Å²) in [5.41, 5.74) is 1.68. The van der Waals surface area contributed by atoms with Gasteiger partial charge in [0, 0.05) is 5.56 Å². The van der Waals surface area contributed by atoms with Crippen molar-refractivity contribution < 1.29 is 12.8 Å². The molecule has 1 aromatic heterocycles. The molecular formula is C15H13FN2O2S. The zero-order valence-electron chi connectivity index (χ0n) is 11.3. The van der Waals surface area contributed by atoms with Crippen molar-refractivity contribution in [2.75, 3.05) is 5.75 Å². The second kappa shape index (κ2) is 4.96. The van der Waals surface area contributed by atoms with Crippen molar-refractivity contribution in [3.05, 3.63) is 54.3 Å². The van der Waals surface area contributed by atoms with Gasteiger partial charge in [0.05, 0.1) is 16.8 Å². The zero-order valence-corrected chi connectivity index (χ0v) is 12.1. The van der Waals surface area contributed by atoms with E-state index in [1.807, 2.05) is 0 Å². The van der Waals surface area contributed by atoms with Gasteiger partial charge in [0.25, 0.3) is 0 Å². The maximum absolute atomic E-state index is 13.1. The Bertz CT molecular complexity index is 899. The van der Waals surface area contributed by atoms with Crippen LogP contribution in [0.25, 0.3) is 22.4 Å². The number of aromatic nitrogens is 2. The Labute approximate surface area is 121 Å². The molecule has 0 radical (unpaired) electrons. The van der Waals surface area contributed by atoms with Gasteiger partial charge in [-0.25, -0.2) is 21.8 Å². The van der Waals surface area contributed by atoms with E-state index >= 15 is 0 Å². The Morgan fingerprint density at radius 2 is 1.76 bits per heavy atom. The molecule has 0 aliphatic heterocycles. The predicted molar refractivity (Wildman–Crippen MR) is 80.0 cm³/mol. The van der Waals surface area contributed by atoms with Crippen LogP contribution in [0, 0.1) is 5.82 Å². The van der Waals surface area contributed by atoms with E-state index < -0.39 is 10.0 Å². The third-order valence-electron chi connectivity index (χ3n) is 3.26. The largest absolute Gasteiger partial charge is 0.240 e. The monoisotopic (exact) mass is 304 g/mol. The highest BCUT2D eigenvalue weighted by molar-refractivity contribution is 7.90. The number of hydrogen-bond donors (Lipinski definition) is 0. The Morgan fingerprint density at radius 1 is 1.10 bits per heavy atom. The molecule has 0 spiro atoms.